The van der Waals surface area contributed by atoms with E-state index in [1.807, 2.05) is 0 Å². The standard InChI is InChI=1S/C38H61NO9/c1-8-19-39-33(42)12-9-24(3)28-10-11-29-34-30(21-32(36(28,29)7)44-26(5)41)35(6)17-18-38(22-27(35)20-31(34)43-25(4)40)47-45-37(46-48-38)15-13-23(2)14-16-37/h23-24,27-32,34H,8-22H2,1-7H3,(H,39,42)/t23?,24?,27-,28-,29?,30?,31-,32+,34?,35+,36-,37?,38?/m1/s1. The number of hydrogen-bond acceptors (Lipinski definition) is 9. The molecule has 1 saturated heterocycles. The van der Waals surface area contributed by atoms with Gasteiger partial charge in [-0.1, -0.05) is 34.6 Å². The minimum Gasteiger partial charge on any atom is -0.462 e. The quantitative estimate of drug-likeness (QED) is 0.211. The van der Waals surface area contributed by atoms with Crippen molar-refractivity contribution in [3.8, 4) is 0 Å². The van der Waals surface area contributed by atoms with Crippen molar-refractivity contribution < 1.29 is 43.4 Å². The number of rotatable bonds is 8. The lowest BCUT2D eigenvalue weighted by Gasteiger charge is -2.65. The summed E-state index contributed by atoms with van der Waals surface area (Å²) >= 11 is 0. The van der Waals surface area contributed by atoms with Gasteiger partial charge in [-0.05, 0) is 98.7 Å². The van der Waals surface area contributed by atoms with Crippen molar-refractivity contribution in [1.29, 1.82) is 0 Å². The third-order valence-corrected chi connectivity index (χ3v) is 14.2. The average Bonchev–Trinajstić information content (AvgIpc) is 3.40. The number of hydrogen-bond donors (Lipinski definition) is 1. The van der Waals surface area contributed by atoms with E-state index in [4.69, 9.17) is 29.0 Å². The molecule has 2 spiro atoms. The molecule has 48 heavy (non-hydrogen) atoms. The Morgan fingerprint density at radius 2 is 1.52 bits per heavy atom. The van der Waals surface area contributed by atoms with Crippen LogP contribution in [0.25, 0.3) is 0 Å². The first-order valence-corrected chi connectivity index (χ1v) is 19.1. The molecule has 0 aromatic heterocycles. The number of ether oxygens (including phenoxy) is 2. The van der Waals surface area contributed by atoms with Crippen LogP contribution in [0.3, 0.4) is 0 Å². The van der Waals surface area contributed by atoms with E-state index in [1.54, 1.807) is 0 Å². The molecular weight excluding hydrogens is 614 g/mol. The first-order chi connectivity index (χ1) is 22.7. The summed E-state index contributed by atoms with van der Waals surface area (Å²) in [4.78, 5) is 62.4. The number of amides is 1. The third kappa shape index (κ3) is 6.57. The Balaban J connectivity index is 1.24. The van der Waals surface area contributed by atoms with Crippen molar-refractivity contribution in [2.75, 3.05) is 6.54 Å². The van der Waals surface area contributed by atoms with Gasteiger partial charge in [0.1, 0.15) is 12.2 Å². The smallest absolute Gasteiger partial charge is 0.302 e. The molecule has 6 fully saturated rings. The van der Waals surface area contributed by atoms with Gasteiger partial charge in [0.05, 0.1) is 0 Å². The third-order valence-electron chi connectivity index (χ3n) is 14.2. The molecule has 6 rings (SSSR count). The predicted molar refractivity (Wildman–Crippen MR) is 176 cm³/mol. The number of nitrogens with one attached hydrogen (secondary N) is 1. The fourth-order valence-corrected chi connectivity index (χ4v) is 11.5. The van der Waals surface area contributed by atoms with Crippen molar-refractivity contribution in [2.24, 2.45) is 52.3 Å². The summed E-state index contributed by atoms with van der Waals surface area (Å²) in [5.74, 6) is -0.350. The van der Waals surface area contributed by atoms with Gasteiger partial charge >= 0.3 is 11.9 Å². The van der Waals surface area contributed by atoms with Gasteiger partial charge in [-0.3, -0.25) is 14.4 Å². The minimum absolute atomic E-state index is 0.102. The van der Waals surface area contributed by atoms with Gasteiger partial charge in [-0.15, -0.1) is 0 Å². The minimum atomic E-state index is -0.998. The fourth-order valence-electron chi connectivity index (χ4n) is 11.5. The highest BCUT2D eigenvalue weighted by atomic mass is 17.4. The number of carbonyl (C=O) groups excluding carboxylic acids is 3. The molecular formula is C38H61NO9. The van der Waals surface area contributed by atoms with Gasteiger partial charge in [0, 0.05) is 63.8 Å². The summed E-state index contributed by atoms with van der Waals surface area (Å²) in [5, 5.41) is 3.02. The summed E-state index contributed by atoms with van der Waals surface area (Å²) < 4.78 is 12.6. The molecule has 10 heteroatoms. The second-order valence-electron chi connectivity index (χ2n) is 17.2. The van der Waals surface area contributed by atoms with Crippen LogP contribution in [0.5, 0.6) is 0 Å². The molecule has 5 aliphatic carbocycles. The molecule has 6 aliphatic rings. The van der Waals surface area contributed by atoms with Crippen LogP contribution < -0.4 is 5.32 Å². The van der Waals surface area contributed by atoms with E-state index in [1.165, 1.54) is 13.8 Å². The Kier molecular flexibility index (Phi) is 10.3. The molecule has 4 unspecified atom stereocenters. The van der Waals surface area contributed by atoms with Crippen LogP contribution in [0.1, 0.15) is 138 Å². The summed E-state index contributed by atoms with van der Waals surface area (Å²) in [6, 6.07) is 0. The monoisotopic (exact) mass is 675 g/mol. The van der Waals surface area contributed by atoms with E-state index in [0.717, 1.165) is 70.6 Å². The van der Waals surface area contributed by atoms with Gasteiger partial charge in [0.25, 0.3) is 0 Å². The van der Waals surface area contributed by atoms with E-state index in [9.17, 15) is 14.4 Å². The van der Waals surface area contributed by atoms with Crippen LogP contribution in [0.15, 0.2) is 0 Å². The van der Waals surface area contributed by atoms with E-state index in [2.05, 4.69) is 39.9 Å². The largest absolute Gasteiger partial charge is 0.462 e. The normalized spacial score (nSPS) is 45.8. The van der Waals surface area contributed by atoms with E-state index < -0.39 is 11.6 Å². The zero-order valence-electron chi connectivity index (χ0n) is 30.5. The second kappa shape index (κ2) is 13.8. The van der Waals surface area contributed by atoms with Crippen LogP contribution in [0, 0.1) is 52.3 Å². The Hall–Kier alpha value is -1.75. The Morgan fingerprint density at radius 3 is 2.17 bits per heavy atom. The number of fused-ring (bicyclic) bond motifs is 5. The molecule has 1 N–H and O–H groups in total. The molecule has 0 radical (unpaired) electrons. The molecule has 1 amide bonds. The lowest BCUT2D eigenvalue weighted by molar-refractivity contribution is -0.665. The molecule has 272 valence electrons. The first kappa shape index (κ1) is 36.1. The maximum Gasteiger partial charge on any atom is 0.302 e. The molecule has 10 atom stereocenters. The summed E-state index contributed by atoms with van der Waals surface area (Å²) in [6.07, 6.45) is 10.7. The van der Waals surface area contributed by atoms with Gasteiger partial charge in [-0.2, -0.15) is 19.6 Å². The van der Waals surface area contributed by atoms with Crippen molar-refractivity contribution in [3.63, 3.8) is 0 Å². The lowest BCUT2D eigenvalue weighted by Crippen LogP contribution is -2.65. The molecule has 0 aromatic carbocycles. The van der Waals surface area contributed by atoms with Gasteiger partial charge < -0.3 is 14.8 Å². The molecule has 1 aliphatic heterocycles. The van der Waals surface area contributed by atoms with Crippen LogP contribution in [0.4, 0.5) is 0 Å². The van der Waals surface area contributed by atoms with Crippen LogP contribution in [0.2, 0.25) is 0 Å². The lowest BCUT2D eigenvalue weighted by atomic mass is 9.42. The highest BCUT2D eigenvalue weighted by Crippen LogP contribution is 2.70. The zero-order chi connectivity index (χ0) is 34.5. The summed E-state index contributed by atoms with van der Waals surface area (Å²) in [6.45, 7) is 15.0. The van der Waals surface area contributed by atoms with Gasteiger partial charge in [0.15, 0.2) is 0 Å². The maximum absolute atomic E-state index is 12.7. The Bertz CT molecular complexity index is 1190. The number of esters is 2. The Labute approximate surface area is 287 Å². The summed E-state index contributed by atoms with van der Waals surface area (Å²) in [5.41, 5.74) is -0.387. The van der Waals surface area contributed by atoms with Crippen molar-refractivity contribution >= 4 is 17.8 Å². The maximum atomic E-state index is 12.7. The van der Waals surface area contributed by atoms with Crippen molar-refractivity contribution in [2.45, 2.75) is 162 Å². The van der Waals surface area contributed by atoms with Crippen molar-refractivity contribution in [1.82, 2.24) is 5.32 Å². The predicted octanol–water partition coefficient (Wildman–Crippen LogP) is 7.18. The topological polar surface area (TPSA) is 119 Å². The highest BCUT2D eigenvalue weighted by molar-refractivity contribution is 5.75. The van der Waals surface area contributed by atoms with E-state index in [-0.39, 0.29) is 70.5 Å². The van der Waals surface area contributed by atoms with Crippen LogP contribution >= 0.6 is 0 Å². The Morgan fingerprint density at radius 1 is 0.854 bits per heavy atom. The second-order valence-corrected chi connectivity index (χ2v) is 17.2. The fraction of sp³-hybridized carbons (Fsp3) is 0.921. The SMILES string of the molecule is CCCNC(=O)CCC(C)[C@H]1CCC2C3C(C[C@H](OC(C)=O)[C@@]21C)[C@@]1(C)CCC2(C[C@H]1C[C@H]3OC(C)=O)OOC1(CCC(C)CC1)OO2. The van der Waals surface area contributed by atoms with Crippen molar-refractivity contribution in [3.05, 3.63) is 0 Å². The van der Waals surface area contributed by atoms with E-state index in [0.29, 0.717) is 37.6 Å². The molecule has 1 heterocycles. The molecule has 0 aromatic rings. The molecule has 0 bridgehead atoms. The first-order valence-electron chi connectivity index (χ1n) is 19.1. The highest BCUT2D eigenvalue weighted by Gasteiger charge is 2.69. The average molecular weight is 676 g/mol. The molecule has 5 saturated carbocycles. The van der Waals surface area contributed by atoms with E-state index >= 15 is 0 Å². The van der Waals surface area contributed by atoms with Gasteiger partial charge in [-0.25, -0.2) is 0 Å². The zero-order valence-corrected chi connectivity index (χ0v) is 30.5. The van der Waals surface area contributed by atoms with Crippen LogP contribution in [-0.4, -0.2) is 48.2 Å². The summed E-state index contributed by atoms with van der Waals surface area (Å²) in [7, 11) is 0. The molecule has 10 nitrogen and oxygen atoms in total. The number of carbonyl (C=O) groups is 3. The van der Waals surface area contributed by atoms with Crippen LogP contribution in [-0.2, 0) is 43.4 Å². The van der Waals surface area contributed by atoms with Gasteiger partial charge in [0.2, 0.25) is 17.5 Å².